The van der Waals surface area contributed by atoms with Gasteiger partial charge in [-0.2, -0.15) is 0 Å². The van der Waals surface area contributed by atoms with E-state index in [0.717, 1.165) is 16.4 Å². The Hall–Kier alpha value is -1.99. The van der Waals surface area contributed by atoms with Crippen LogP contribution in [0, 0.1) is 11.6 Å². The normalized spacial score (nSPS) is 11.7. The lowest BCUT2D eigenvalue weighted by atomic mass is 10.2. The summed E-state index contributed by atoms with van der Waals surface area (Å²) in [6.45, 7) is -0.0284. The van der Waals surface area contributed by atoms with Crippen LogP contribution in [0.3, 0.4) is 0 Å². The molecule has 0 aliphatic heterocycles. The standard InChI is InChI=1S/C15H15F2NO3S/c1-18(2)22(19,20)13-5-3-4-11(8-13)10-21-15-7-6-12(16)9-14(15)17/h3-9H,10H2,1-2H3. The third-order valence-electron chi connectivity index (χ3n) is 2.97. The first-order chi connectivity index (χ1) is 10.3. The van der Waals surface area contributed by atoms with Crippen LogP contribution < -0.4 is 4.74 Å². The number of sulfonamides is 1. The maximum Gasteiger partial charge on any atom is 0.242 e. The van der Waals surface area contributed by atoms with Crippen LogP contribution in [-0.2, 0) is 16.6 Å². The van der Waals surface area contributed by atoms with E-state index in [9.17, 15) is 17.2 Å². The van der Waals surface area contributed by atoms with Crippen molar-refractivity contribution in [3.8, 4) is 5.75 Å². The average molecular weight is 327 g/mol. The van der Waals surface area contributed by atoms with Crippen LogP contribution in [-0.4, -0.2) is 26.8 Å². The van der Waals surface area contributed by atoms with Gasteiger partial charge >= 0.3 is 0 Å². The molecule has 118 valence electrons. The van der Waals surface area contributed by atoms with Gasteiger partial charge in [0.15, 0.2) is 11.6 Å². The van der Waals surface area contributed by atoms with Gasteiger partial charge in [-0.1, -0.05) is 12.1 Å². The van der Waals surface area contributed by atoms with Crippen LogP contribution in [0.5, 0.6) is 5.75 Å². The lowest BCUT2D eigenvalue weighted by Gasteiger charge is -2.13. The van der Waals surface area contributed by atoms with Crippen LogP contribution in [0.25, 0.3) is 0 Å². The zero-order valence-corrected chi connectivity index (χ0v) is 12.9. The number of rotatable bonds is 5. The quantitative estimate of drug-likeness (QED) is 0.848. The molecule has 0 aliphatic rings. The monoisotopic (exact) mass is 327 g/mol. The van der Waals surface area contributed by atoms with Gasteiger partial charge in [0.05, 0.1) is 4.90 Å². The SMILES string of the molecule is CN(C)S(=O)(=O)c1cccc(COc2ccc(F)cc2F)c1. The number of nitrogens with zero attached hydrogens (tertiary/aromatic N) is 1. The highest BCUT2D eigenvalue weighted by Gasteiger charge is 2.17. The second kappa shape index (κ2) is 6.41. The summed E-state index contributed by atoms with van der Waals surface area (Å²) in [5.74, 6) is -1.59. The zero-order valence-electron chi connectivity index (χ0n) is 12.1. The van der Waals surface area contributed by atoms with Gasteiger partial charge in [-0.05, 0) is 29.8 Å². The van der Waals surface area contributed by atoms with Gasteiger partial charge in [-0.25, -0.2) is 21.5 Å². The van der Waals surface area contributed by atoms with Crippen molar-refractivity contribution in [2.75, 3.05) is 14.1 Å². The second-order valence-electron chi connectivity index (χ2n) is 4.80. The number of ether oxygens (including phenoxy) is 1. The van der Waals surface area contributed by atoms with Crippen LogP contribution in [0.4, 0.5) is 8.78 Å². The summed E-state index contributed by atoms with van der Waals surface area (Å²) in [5, 5.41) is 0. The molecule has 4 nitrogen and oxygen atoms in total. The summed E-state index contributed by atoms with van der Waals surface area (Å²) in [5.41, 5.74) is 0.562. The minimum absolute atomic E-state index is 0.0284. The van der Waals surface area contributed by atoms with E-state index < -0.39 is 21.7 Å². The molecule has 0 amide bonds. The van der Waals surface area contributed by atoms with Gasteiger partial charge < -0.3 is 4.74 Å². The van der Waals surface area contributed by atoms with E-state index in [4.69, 9.17) is 4.74 Å². The molecule has 0 fully saturated rings. The predicted octanol–water partition coefficient (Wildman–Crippen LogP) is 2.79. The molecule has 22 heavy (non-hydrogen) atoms. The number of hydrogen-bond donors (Lipinski definition) is 0. The molecule has 0 aromatic heterocycles. The Balaban J connectivity index is 2.18. The highest BCUT2D eigenvalue weighted by Crippen LogP contribution is 2.20. The van der Waals surface area contributed by atoms with E-state index >= 15 is 0 Å². The van der Waals surface area contributed by atoms with E-state index in [1.165, 1.54) is 32.3 Å². The molecule has 0 unspecified atom stereocenters. The van der Waals surface area contributed by atoms with Crippen molar-refractivity contribution >= 4 is 10.0 Å². The molecule has 2 aromatic carbocycles. The molecule has 7 heteroatoms. The maximum atomic E-state index is 13.5. The first-order valence-corrected chi connectivity index (χ1v) is 7.84. The molecule has 0 aliphatic carbocycles. The van der Waals surface area contributed by atoms with E-state index in [0.29, 0.717) is 5.56 Å². The molecular weight excluding hydrogens is 312 g/mol. The van der Waals surface area contributed by atoms with E-state index in [1.807, 2.05) is 0 Å². The molecule has 0 saturated heterocycles. The third-order valence-corrected chi connectivity index (χ3v) is 4.78. The van der Waals surface area contributed by atoms with Gasteiger partial charge in [0.25, 0.3) is 0 Å². The average Bonchev–Trinajstić information content (AvgIpc) is 2.46. The molecule has 0 atom stereocenters. The summed E-state index contributed by atoms with van der Waals surface area (Å²) in [7, 11) is -0.668. The molecule has 0 heterocycles. The fourth-order valence-electron chi connectivity index (χ4n) is 1.76. The molecule has 0 spiro atoms. The Kier molecular flexibility index (Phi) is 4.77. The van der Waals surface area contributed by atoms with E-state index in [1.54, 1.807) is 12.1 Å². The van der Waals surface area contributed by atoms with E-state index in [-0.39, 0.29) is 17.3 Å². The second-order valence-corrected chi connectivity index (χ2v) is 6.95. The Bertz CT molecular complexity index is 776. The van der Waals surface area contributed by atoms with Crippen molar-refractivity contribution in [2.45, 2.75) is 11.5 Å². The third kappa shape index (κ3) is 3.61. The Morgan fingerprint density at radius 2 is 1.82 bits per heavy atom. The number of halogens is 2. The van der Waals surface area contributed by atoms with Gasteiger partial charge in [-0.15, -0.1) is 0 Å². The summed E-state index contributed by atoms with van der Waals surface area (Å²) in [6.07, 6.45) is 0. The lowest BCUT2D eigenvalue weighted by molar-refractivity contribution is 0.289. The van der Waals surface area contributed by atoms with Crippen molar-refractivity contribution in [2.24, 2.45) is 0 Å². The predicted molar refractivity (Wildman–Crippen MR) is 78.0 cm³/mol. The highest BCUT2D eigenvalue weighted by atomic mass is 32.2. The van der Waals surface area contributed by atoms with Crippen LogP contribution >= 0.6 is 0 Å². The van der Waals surface area contributed by atoms with Gasteiger partial charge in [0, 0.05) is 20.2 Å². The smallest absolute Gasteiger partial charge is 0.242 e. The Morgan fingerprint density at radius 3 is 2.45 bits per heavy atom. The van der Waals surface area contributed by atoms with Crippen LogP contribution in [0.2, 0.25) is 0 Å². The topological polar surface area (TPSA) is 46.6 Å². The Morgan fingerprint density at radius 1 is 1.09 bits per heavy atom. The van der Waals surface area contributed by atoms with E-state index in [2.05, 4.69) is 0 Å². The first kappa shape index (κ1) is 16.4. The van der Waals surface area contributed by atoms with Crippen molar-refractivity contribution < 1.29 is 21.9 Å². The van der Waals surface area contributed by atoms with Gasteiger partial charge in [0.1, 0.15) is 12.4 Å². The van der Waals surface area contributed by atoms with Gasteiger partial charge in [0.2, 0.25) is 10.0 Å². The minimum atomic E-state index is -3.54. The van der Waals surface area contributed by atoms with Crippen molar-refractivity contribution in [1.29, 1.82) is 0 Å². The van der Waals surface area contributed by atoms with Crippen molar-refractivity contribution in [3.05, 3.63) is 59.7 Å². The van der Waals surface area contributed by atoms with Crippen LogP contribution in [0.1, 0.15) is 5.56 Å². The molecule has 0 bridgehead atoms. The highest BCUT2D eigenvalue weighted by molar-refractivity contribution is 7.89. The van der Waals surface area contributed by atoms with Crippen molar-refractivity contribution in [1.82, 2.24) is 4.31 Å². The summed E-state index contributed by atoms with van der Waals surface area (Å²) in [6, 6.07) is 9.17. The molecule has 2 rings (SSSR count). The number of benzene rings is 2. The van der Waals surface area contributed by atoms with Crippen LogP contribution in [0.15, 0.2) is 47.4 Å². The lowest BCUT2D eigenvalue weighted by Crippen LogP contribution is -2.22. The fourth-order valence-corrected chi connectivity index (χ4v) is 2.73. The summed E-state index contributed by atoms with van der Waals surface area (Å²) in [4.78, 5) is 0.123. The number of hydrogen-bond acceptors (Lipinski definition) is 3. The molecule has 2 aromatic rings. The minimum Gasteiger partial charge on any atom is -0.486 e. The molecule has 0 N–H and O–H groups in total. The molecular formula is C15H15F2NO3S. The fraction of sp³-hybridized carbons (Fsp3) is 0.200. The zero-order chi connectivity index (χ0) is 16.3. The Labute approximate surface area is 128 Å². The molecule has 0 radical (unpaired) electrons. The largest absolute Gasteiger partial charge is 0.486 e. The van der Waals surface area contributed by atoms with Crippen molar-refractivity contribution in [3.63, 3.8) is 0 Å². The van der Waals surface area contributed by atoms with Gasteiger partial charge in [-0.3, -0.25) is 0 Å². The summed E-state index contributed by atoms with van der Waals surface area (Å²) >= 11 is 0. The molecule has 0 saturated carbocycles. The summed E-state index contributed by atoms with van der Waals surface area (Å²) < 4.78 is 56.7. The first-order valence-electron chi connectivity index (χ1n) is 6.40. The maximum absolute atomic E-state index is 13.5.